The van der Waals surface area contributed by atoms with Gasteiger partial charge >= 0.3 is 11.9 Å². The molecule has 5 heteroatoms. The molecule has 2 aliphatic carbocycles. The summed E-state index contributed by atoms with van der Waals surface area (Å²) >= 11 is 0. The van der Waals surface area contributed by atoms with E-state index >= 15 is 0 Å². The number of ether oxygens (including phenoxy) is 2. The molecule has 0 radical (unpaired) electrons. The zero-order valence-corrected chi connectivity index (χ0v) is 18.6. The van der Waals surface area contributed by atoms with Crippen molar-refractivity contribution < 1.29 is 24.2 Å². The first kappa shape index (κ1) is 22.3. The van der Waals surface area contributed by atoms with E-state index in [0.29, 0.717) is 30.1 Å². The Hall–Kier alpha value is -1.36. The van der Waals surface area contributed by atoms with Crippen LogP contribution < -0.4 is 0 Å². The molecular weight excluding hydrogens is 368 g/mol. The molecule has 29 heavy (non-hydrogen) atoms. The molecule has 2 fully saturated rings. The molecule has 3 aliphatic rings. The lowest BCUT2D eigenvalue weighted by molar-refractivity contribution is -0.177. The van der Waals surface area contributed by atoms with Crippen molar-refractivity contribution in [2.24, 2.45) is 35.0 Å². The highest BCUT2D eigenvalue weighted by molar-refractivity contribution is 5.72. The van der Waals surface area contributed by atoms with Gasteiger partial charge in [0.1, 0.15) is 12.2 Å². The van der Waals surface area contributed by atoms with Gasteiger partial charge in [0.2, 0.25) is 0 Å². The van der Waals surface area contributed by atoms with Crippen molar-refractivity contribution in [1.82, 2.24) is 0 Å². The third-order valence-corrected chi connectivity index (χ3v) is 7.61. The van der Waals surface area contributed by atoms with Crippen LogP contribution in [0, 0.1) is 35.0 Å². The summed E-state index contributed by atoms with van der Waals surface area (Å²) in [5.41, 5.74) is -0.123. The highest BCUT2D eigenvalue weighted by Crippen LogP contribution is 2.56. The smallest absolute Gasteiger partial charge is 0.308 e. The maximum Gasteiger partial charge on any atom is 0.308 e. The van der Waals surface area contributed by atoms with Gasteiger partial charge in [-0.1, -0.05) is 46.8 Å². The summed E-state index contributed by atoms with van der Waals surface area (Å²) in [6.07, 6.45) is 8.03. The topological polar surface area (TPSA) is 72.8 Å². The molecule has 164 valence electrons. The molecule has 0 spiro atoms. The molecule has 0 unspecified atom stereocenters. The number of carbonyl (C=O) groups excluding carboxylic acids is 2. The molecule has 8 atom stereocenters. The number of hydrogen-bond acceptors (Lipinski definition) is 5. The average Bonchev–Trinajstić information content (AvgIpc) is 2.61. The van der Waals surface area contributed by atoms with E-state index in [4.69, 9.17) is 9.47 Å². The van der Waals surface area contributed by atoms with Crippen molar-refractivity contribution in [3.63, 3.8) is 0 Å². The Labute approximate surface area is 175 Å². The number of aliphatic hydroxyl groups excluding tert-OH is 1. The number of fused-ring (bicyclic) bond motifs is 1. The van der Waals surface area contributed by atoms with Gasteiger partial charge in [-0.3, -0.25) is 9.59 Å². The summed E-state index contributed by atoms with van der Waals surface area (Å²) < 4.78 is 11.6. The third-order valence-electron chi connectivity index (χ3n) is 7.61. The number of esters is 2. The van der Waals surface area contributed by atoms with Gasteiger partial charge in [-0.15, -0.1) is 0 Å². The van der Waals surface area contributed by atoms with Crippen LogP contribution in [0.3, 0.4) is 0 Å². The van der Waals surface area contributed by atoms with E-state index in [0.717, 1.165) is 25.7 Å². The van der Waals surface area contributed by atoms with E-state index in [1.165, 1.54) is 0 Å². The lowest BCUT2D eigenvalue weighted by Gasteiger charge is -2.55. The Morgan fingerprint density at radius 3 is 2.62 bits per heavy atom. The SMILES string of the molecule is CC(C)C(=O)O[C@H]1C[C@@H](C)C[C@H]2C=C[C@H](C)[C@H](CC[C@H]3C[C@@H](O)CC(=O)O3)[C@]21C. The predicted molar refractivity (Wildman–Crippen MR) is 111 cm³/mol. The van der Waals surface area contributed by atoms with Crippen molar-refractivity contribution in [2.75, 3.05) is 0 Å². The molecule has 0 aromatic heterocycles. The highest BCUT2D eigenvalue weighted by Gasteiger charge is 2.54. The van der Waals surface area contributed by atoms with Gasteiger partial charge in [0.25, 0.3) is 0 Å². The average molecular weight is 407 g/mol. The molecule has 5 nitrogen and oxygen atoms in total. The van der Waals surface area contributed by atoms with Crippen molar-refractivity contribution in [3.05, 3.63) is 12.2 Å². The Morgan fingerprint density at radius 1 is 1.24 bits per heavy atom. The first-order valence-corrected chi connectivity index (χ1v) is 11.4. The van der Waals surface area contributed by atoms with Gasteiger partial charge < -0.3 is 14.6 Å². The first-order valence-electron chi connectivity index (χ1n) is 11.4. The molecule has 1 heterocycles. The van der Waals surface area contributed by atoms with E-state index < -0.39 is 6.10 Å². The quantitative estimate of drug-likeness (QED) is 0.545. The molecule has 1 aliphatic heterocycles. The minimum absolute atomic E-state index is 0.0944. The second kappa shape index (κ2) is 8.79. The first-order chi connectivity index (χ1) is 13.6. The van der Waals surface area contributed by atoms with Crippen LogP contribution >= 0.6 is 0 Å². The van der Waals surface area contributed by atoms with Crippen LogP contribution in [0.1, 0.15) is 73.1 Å². The van der Waals surface area contributed by atoms with Gasteiger partial charge in [-0.2, -0.15) is 0 Å². The van der Waals surface area contributed by atoms with Crippen LogP contribution in [0.5, 0.6) is 0 Å². The van der Waals surface area contributed by atoms with Crippen LogP contribution in [0.2, 0.25) is 0 Å². The second-order valence-corrected chi connectivity index (χ2v) is 10.3. The molecule has 0 bridgehead atoms. The van der Waals surface area contributed by atoms with E-state index in [1.54, 1.807) is 0 Å². The van der Waals surface area contributed by atoms with Gasteiger partial charge in [0.15, 0.2) is 0 Å². The number of hydrogen-bond donors (Lipinski definition) is 1. The minimum Gasteiger partial charge on any atom is -0.462 e. The summed E-state index contributed by atoms with van der Waals surface area (Å²) in [5.74, 6) is 1.07. The van der Waals surface area contributed by atoms with Gasteiger partial charge in [0.05, 0.1) is 18.4 Å². The van der Waals surface area contributed by atoms with Crippen molar-refractivity contribution in [3.8, 4) is 0 Å². The summed E-state index contributed by atoms with van der Waals surface area (Å²) in [5, 5.41) is 9.93. The largest absolute Gasteiger partial charge is 0.462 e. The summed E-state index contributed by atoms with van der Waals surface area (Å²) in [7, 11) is 0. The van der Waals surface area contributed by atoms with Crippen LogP contribution in [-0.2, 0) is 19.1 Å². The Balaban J connectivity index is 1.79. The van der Waals surface area contributed by atoms with Crippen LogP contribution in [0.25, 0.3) is 0 Å². The number of carbonyl (C=O) groups is 2. The maximum absolute atomic E-state index is 12.5. The lowest BCUT2D eigenvalue weighted by Crippen LogP contribution is -2.54. The van der Waals surface area contributed by atoms with Crippen LogP contribution in [0.4, 0.5) is 0 Å². The fraction of sp³-hybridized carbons (Fsp3) is 0.833. The number of allylic oxidation sites excluding steroid dienone is 2. The van der Waals surface area contributed by atoms with Crippen molar-refractivity contribution in [2.45, 2.75) is 91.5 Å². The van der Waals surface area contributed by atoms with Crippen molar-refractivity contribution in [1.29, 1.82) is 0 Å². The summed E-state index contributed by atoms with van der Waals surface area (Å²) in [6, 6.07) is 0. The lowest BCUT2D eigenvalue weighted by atomic mass is 9.51. The van der Waals surface area contributed by atoms with E-state index in [2.05, 4.69) is 32.9 Å². The molecule has 1 saturated heterocycles. The predicted octanol–water partition coefficient (Wildman–Crippen LogP) is 4.28. The van der Waals surface area contributed by atoms with E-state index in [-0.39, 0.29) is 41.9 Å². The molecule has 0 amide bonds. The summed E-state index contributed by atoms with van der Waals surface area (Å²) in [4.78, 5) is 24.2. The van der Waals surface area contributed by atoms with Crippen molar-refractivity contribution >= 4 is 11.9 Å². The second-order valence-electron chi connectivity index (χ2n) is 10.3. The minimum atomic E-state index is -0.594. The van der Waals surface area contributed by atoms with Gasteiger partial charge in [-0.25, -0.2) is 0 Å². The van der Waals surface area contributed by atoms with Crippen LogP contribution in [-0.4, -0.2) is 35.4 Å². The molecule has 0 aromatic rings. The van der Waals surface area contributed by atoms with E-state index in [9.17, 15) is 14.7 Å². The fourth-order valence-corrected chi connectivity index (χ4v) is 5.88. The number of cyclic esters (lactones) is 1. The van der Waals surface area contributed by atoms with Gasteiger partial charge in [-0.05, 0) is 49.4 Å². The normalized spacial score (nSPS) is 42.3. The summed E-state index contributed by atoms with van der Waals surface area (Å²) in [6.45, 7) is 10.6. The monoisotopic (exact) mass is 406 g/mol. The van der Waals surface area contributed by atoms with Gasteiger partial charge in [0, 0.05) is 11.8 Å². The van der Waals surface area contributed by atoms with Crippen LogP contribution in [0.15, 0.2) is 12.2 Å². The number of rotatable bonds is 5. The standard InChI is InChI=1S/C24H38O5/c1-14(2)23(27)29-21-11-15(3)10-17-7-6-16(4)20(24(17,21)5)9-8-19-12-18(25)13-22(26)28-19/h6-7,14-21,25H,8-13H2,1-5H3/t15-,16-,17+,18+,19-,20-,21-,24-/m0/s1. The Kier molecular flexibility index (Phi) is 6.77. The Bertz CT molecular complexity index is 641. The molecule has 1 N–H and O–H groups in total. The highest BCUT2D eigenvalue weighted by atomic mass is 16.6. The molecule has 1 saturated carbocycles. The number of aliphatic hydroxyl groups is 1. The van der Waals surface area contributed by atoms with E-state index in [1.807, 2.05) is 13.8 Å². The third kappa shape index (κ3) is 4.70. The Morgan fingerprint density at radius 2 is 1.97 bits per heavy atom. The molecular formula is C24H38O5. The molecule has 0 aromatic carbocycles. The maximum atomic E-state index is 12.5. The zero-order chi connectivity index (χ0) is 21.3. The molecule has 3 rings (SSSR count). The fourth-order valence-electron chi connectivity index (χ4n) is 5.88. The zero-order valence-electron chi connectivity index (χ0n) is 18.6.